The molecule has 108 valence electrons. The van der Waals surface area contributed by atoms with Crippen LogP contribution in [0.5, 0.6) is 0 Å². The van der Waals surface area contributed by atoms with E-state index in [9.17, 15) is 4.79 Å². The van der Waals surface area contributed by atoms with E-state index in [0.29, 0.717) is 17.7 Å². The average molecular weight is 273 g/mol. The molecule has 1 aromatic heterocycles. The molecule has 2 saturated heterocycles. The highest BCUT2D eigenvalue weighted by molar-refractivity contribution is 5.78. The zero-order valence-corrected chi connectivity index (χ0v) is 12.3. The van der Waals surface area contributed by atoms with Gasteiger partial charge in [0.05, 0.1) is 0 Å². The molecule has 0 bridgehead atoms. The van der Waals surface area contributed by atoms with Crippen LogP contribution in [0.2, 0.25) is 0 Å². The fraction of sp³-hybridized carbons (Fsp3) is 0.625. The maximum atomic E-state index is 12.1. The van der Waals surface area contributed by atoms with Crippen molar-refractivity contribution in [1.82, 2.24) is 14.8 Å². The van der Waals surface area contributed by atoms with E-state index in [1.54, 1.807) is 0 Å². The normalized spacial score (nSPS) is 26.2. The van der Waals surface area contributed by atoms with Crippen LogP contribution in [-0.2, 0) is 11.3 Å². The number of hydrogen-bond acceptors (Lipinski definition) is 3. The quantitative estimate of drug-likeness (QED) is 0.840. The number of fused-ring (bicyclic) bond motifs is 1. The van der Waals surface area contributed by atoms with Gasteiger partial charge in [-0.15, -0.1) is 0 Å². The van der Waals surface area contributed by atoms with Crippen LogP contribution in [0.15, 0.2) is 24.5 Å². The van der Waals surface area contributed by atoms with Crippen LogP contribution in [0.25, 0.3) is 0 Å². The standard InChI is InChI=1S/C16H23N3O/c1-12(2)16(20)19-10-14-8-18(9-15(14)11-19)7-13-4-3-5-17-6-13/h3-6,12,14-15H,7-11H2,1-2H3. The van der Waals surface area contributed by atoms with Gasteiger partial charge in [0.25, 0.3) is 0 Å². The molecule has 0 spiro atoms. The van der Waals surface area contributed by atoms with Crippen molar-refractivity contribution in [3.05, 3.63) is 30.1 Å². The van der Waals surface area contributed by atoms with Crippen molar-refractivity contribution in [1.29, 1.82) is 0 Å². The van der Waals surface area contributed by atoms with E-state index < -0.39 is 0 Å². The lowest BCUT2D eigenvalue weighted by atomic mass is 10.0. The Bertz CT molecular complexity index is 460. The monoisotopic (exact) mass is 273 g/mol. The molecular weight excluding hydrogens is 250 g/mol. The van der Waals surface area contributed by atoms with Gasteiger partial charge in [0.2, 0.25) is 5.91 Å². The number of rotatable bonds is 3. The van der Waals surface area contributed by atoms with Crippen molar-refractivity contribution >= 4 is 5.91 Å². The smallest absolute Gasteiger partial charge is 0.225 e. The van der Waals surface area contributed by atoms with E-state index in [2.05, 4.69) is 20.9 Å². The molecule has 2 aliphatic heterocycles. The Balaban J connectivity index is 1.55. The molecule has 0 aliphatic carbocycles. The molecule has 0 saturated carbocycles. The third kappa shape index (κ3) is 2.70. The topological polar surface area (TPSA) is 36.4 Å². The van der Waals surface area contributed by atoms with Gasteiger partial charge in [0.1, 0.15) is 0 Å². The predicted octanol–water partition coefficient (Wildman–Crippen LogP) is 1.63. The molecule has 0 radical (unpaired) electrons. The number of pyridine rings is 1. The van der Waals surface area contributed by atoms with E-state index in [-0.39, 0.29) is 5.92 Å². The van der Waals surface area contributed by atoms with Gasteiger partial charge >= 0.3 is 0 Å². The second kappa shape index (κ2) is 5.52. The fourth-order valence-electron chi connectivity index (χ4n) is 3.51. The molecule has 1 aromatic rings. The van der Waals surface area contributed by atoms with E-state index in [1.165, 1.54) is 5.56 Å². The minimum absolute atomic E-state index is 0.125. The van der Waals surface area contributed by atoms with Crippen LogP contribution in [0.1, 0.15) is 19.4 Å². The van der Waals surface area contributed by atoms with Crippen LogP contribution < -0.4 is 0 Å². The minimum atomic E-state index is 0.125. The van der Waals surface area contributed by atoms with Gasteiger partial charge < -0.3 is 4.90 Å². The summed E-state index contributed by atoms with van der Waals surface area (Å²) in [7, 11) is 0. The Morgan fingerprint density at radius 2 is 2.00 bits per heavy atom. The minimum Gasteiger partial charge on any atom is -0.342 e. The van der Waals surface area contributed by atoms with Crippen LogP contribution in [0, 0.1) is 17.8 Å². The van der Waals surface area contributed by atoms with Gasteiger partial charge in [0.15, 0.2) is 0 Å². The molecule has 4 nitrogen and oxygen atoms in total. The molecule has 2 aliphatic rings. The number of carbonyl (C=O) groups is 1. The third-order valence-electron chi connectivity index (χ3n) is 4.50. The third-order valence-corrected chi connectivity index (χ3v) is 4.50. The molecule has 3 rings (SSSR count). The summed E-state index contributed by atoms with van der Waals surface area (Å²) in [5.41, 5.74) is 1.28. The van der Waals surface area contributed by atoms with E-state index in [4.69, 9.17) is 0 Å². The van der Waals surface area contributed by atoms with Gasteiger partial charge in [-0.3, -0.25) is 14.7 Å². The lowest BCUT2D eigenvalue weighted by molar-refractivity contribution is -0.133. The van der Waals surface area contributed by atoms with Gasteiger partial charge in [-0.25, -0.2) is 0 Å². The first-order valence-electron chi connectivity index (χ1n) is 7.53. The summed E-state index contributed by atoms with van der Waals surface area (Å²) in [6.07, 6.45) is 3.76. The zero-order valence-electron chi connectivity index (χ0n) is 12.3. The van der Waals surface area contributed by atoms with Crippen molar-refractivity contribution in [3.8, 4) is 0 Å². The number of aromatic nitrogens is 1. The first kappa shape index (κ1) is 13.6. The highest BCUT2D eigenvalue weighted by Crippen LogP contribution is 2.32. The largest absolute Gasteiger partial charge is 0.342 e. The van der Waals surface area contributed by atoms with Crippen molar-refractivity contribution in [2.45, 2.75) is 20.4 Å². The van der Waals surface area contributed by atoms with Gasteiger partial charge in [-0.1, -0.05) is 19.9 Å². The Hall–Kier alpha value is -1.42. The van der Waals surface area contributed by atoms with Gasteiger partial charge in [0, 0.05) is 51.0 Å². The van der Waals surface area contributed by atoms with E-state index in [1.807, 2.05) is 32.3 Å². The van der Waals surface area contributed by atoms with Crippen LogP contribution in [0.3, 0.4) is 0 Å². The Morgan fingerprint density at radius 1 is 1.30 bits per heavy atom. The summed E-state index contributed by atoms with van der Waals surface area (Å²) < 4.78 is 0. The molecule has 0 N–H and O–H groups in total. The lowest BCUT2D eigenvalue weighted by Crippen LogP contribution is -2.35. The number of carbonyl (C=O) groups excluding carboxylic acids is 1. The molecule has 1 amide bonds. The van der Waals surface area contributed by atoms with Gasteiger partial charge in [-0.2, -0.15) is 0 Å². The fourth-order valence-corrected chi connectivity index (χ4v) is 3.51. The molecule has 2 atom stereocenters. The predicted molar refractivity (Wildman–Crippen MR) is 77.9 cm³/mol. The molecule has 2 fully saturated rings. The second-order valence-corrected chi connectivity index (χ2v) is 6.47. The Labute approximate surface area is 120 Å². The number of amides is 1. The van der Waals surface area contributed by atoms with Crippen molar-refractivity contribution in [2.75, 3.05) is 26.2 Å². The molecule has 3 heterocycles. The summed E-state index contributed by atoms with van der Waals surface area (Å²) >= 11 is 0. The van der Waals surface area contributed by atoms with Crippen LogP contribution in [-0.4, -0.2) is 46.9 Å². The molecular formula is C16H23N3O. The Kier molecular flexibility index (Phi) is 3.74. The maximum absolute atomic E-state index is 12.1. The highest BCUT2D eigenvalue weighted by Gasteiger charge is 2.41. The van der Waals surface area contributed by atoms with Crippen molar-refractivity contribution in [2.24, 2.45) is 17.8 Å². The van der Waals surface area contributed by atoms with Crippen LogP contribution in [0.4, 0.5) is 0 Å². The first-order valence-corrected chi connectivity index (χ1v) is 7.53. The van der Waals surface area contributed by atoms with Crippen LogP contribution >= 0.6 is 0 Å². The SMILES string of the molecule is CC(C)C(=O)N1CC2CN(Cc3cccnc3)CC2C1. The molecule has 0 aromatic carbocycles. The number of hydrogen-bond donors (Lipinski definition) is 0. The lowest BCUT2D eigenvalue weighted by Gasteiger charge is -2.22. The summed E-state index contributed by atoms with van der Waals surface area (Å²) in [4.78, 5) is 20.8. The highest BCUT2D eigenvalue weighted by atomic mass is 16.2. The second-order valence-electron chi connectivity index (χ2n) is 6.47. The summed E-state index contributed by atoms with van der Waals surface area (Å²) in [6, 6.07) is 4.13. The number of likely N-dealkylation sites (tertiary alicyclic amines) is 2. The van der Waals surface area contributed by atoms with E-state index >= 15 is 0 Å². The molecule has 20 heavy (non-hydrogen) atoms. The van der Waals surface area contributed by atoms with E-state index in [0.717, 1.165) is 32.7 Å². The summed E-state index contributed by atoms with van der Waals surface area (Å²) in [6.45, 7) is 9.09. The maximum Gasteiger partial charge on any atom is 0.225 e. The van der Waals surface area contributed by atoms with Crippen molar-refractivity contribution in [3.63, 3.8) is 0 Å². The summed E-state index contributed by atoms with van der Waals surface area (Å²) in [5.74, 6) is 1.77. The summed E-state index contributed by atoms with van der Waals surface area (Å²) in [5, 5.41) is 0. The van der Waals surface area contributed by atoms with Crippen molar-refractivity contribution < 1.29 is 4.79 Å². The Morgan fingerprint density at radius 3 is 2.55 bits per heavy atom. The molecule has 2 unspecified atom stereocenters. The molecule has 4 heteroatoms. The zero-order chi connectivity index (χ0) is 14.1. The number of nitrogens with zero attached hydrogens (tertiary/aromatic N) is 3. The first-order chi connectivity index (χ1) is 9.63. The average Bonchev–Trinajstić information content (AvgIpc) is 2.96. The van der Waals surface area contributed by atoms with Gasteiger partial charge in [-0.05, 0) is 23.5 Å².